The number of benzene rings is 1. The average molecular weight is 281 g/mol. The molecule has 1 fully saturated rings. The van der Waals surface area contributed by atoms with Gasteiger partial charge in [-0.25, -0.2) is 4.98 Å². The van der Waals surface area contributed by atoms with Crippen LogP contribution in [0.2, 0.25) is 0 Å². The number of hydrogen-bond acceptors (Lipinski definition) is 3. The van der Waals surface area contributed by atoms with Gasteiger partial charge in [0, 0.05) is 24.5 Å². The molecule has 4 heteroatoms. The molecule has 1 saturated carbocycles. The Balaban J connectivity index is 1.55. The Hall–Kier alpha value is -2.10. The fourth-order valence-electron chi connectivity index (χ4n) is 3.18. The smallest absolute Gasteiger partial charge is 0.293 e. The number of rotatable bonds is 3. The summed E-state index contributed by atoms with van der Waals surface area (Å²) in [4.78, 5) is 16.7. The van der Waals surface area contributed by atoms with E-state index >= 15 is 0 Å². The molecule has 1 N–H and O–H groups in total. The van der Waals surface area contributed by atoms with Crippen molar-refractivity contribution >= 4 is 5.82 Å². The molecule has 1 heterocycles. The lowest BCUT2D eigenvalue weighted by Crippen LogP contribution is -2.32. The SMILES string of the molecule is O=c1c(NC2CCc3ccccc3C2)nccn1C1CC1. The van der Waals surface area contributed by atoms with Gasteiger partial charge in [0.25, 0.3) is 5.56 Å². The van der Waals surface area contributed by atoms with Gasteiger partial charge in [-0.2, -0.15) is 0 Å². The second-order valence-electron chi connectivity index (χ2n) is 6.07. The van der Waals surface area contributed by atoms with Crippen LogP contribution in [-0.4, -0.2) is 15.6 Å². The van der Waals surface area contributed by atoms with E-state index in [4.69, 9.17) is 0 Å². The number of aryl methyl sites for hydroxylation is 1. The van der Waals surface area contributed by atoms with Gasteiger partial charge in [-0.05, 0) is 43.2 Å². The predicted octanol–water partition coefficient (Wildman–Crippen LogP) is 2.55. The molecule has 4 rings (SSSR count). The van der Waals surface area contributed by atoms with E-state index in [1.54, 1.807) is 12.4 Å². The first-order chi connectivity index (χ1) is 10.3. The highest BCUT2D eigenvalue weighted by Crippen LogP contribution is 2.33. The van der Waals surface area contributed by atoms with Crippen LogP contribution >= 0.6 is 0 Å². The molecule has 0 aliphatic heterocycles. The second kappa shape index (κ2) is 5.02. The zero-order valence-electron chi connectivity index (χ0n) is 12.0. The number of anilines is 1. The van der Waals surface area contributed by atoms with Crippen molar-refractivity contribution in [3.63, 3.8) is 0 Å². The molecule has 0 spiro atoms. The quantitative estimate of drug-likeness (QED) is 0.940. The Morgan fingerprint density at radius 1 is 1.14 bits per heavy atom. The number of nitrogens with zero attached hydrogens (tertiary/aromatic N) is 2. The highest BCUT2D eigenvalue weighted by Gasteiger charge is 2.26. The maximum atomic E-state index is 12.4. The second-order valence-corrected chi connectivity index (χ2v) is 6.07. The third-order valence-electron chi connectivity index (χ3n) is 4.50. The first-order valence-corrected chi connectivity index (χ1v) is 7.72. The van der Waals surface area contributed by atoms with Crippen molar-refractivity contribution in [3.8, 4) is 0 Å². The summed E-state index contributed by atoms with van der Waals surface area (Å²) in [7, 11) is 0. The predicted molar refractivity (Wildman–Crippen MR) is 82.6 cm³/mol. The van der Waals surface area contributed by atoms with Crippen molar-refractivity contribution < 1.29 is 0 Å². The minimum Gasteiger partial charge on any atom is -0.362 e. The maximum Gasteiger partial charge on any atom is 0.293 e. The third kappa shape index (κ3) is 2.46. The van der Waals surface area contributed by atoms with Gasteiger partial charge in [0.1, 0.15) is 0 Å². The zero-order valence-corrected chi connectivity index (χ0v) is 12.0. The Morgan fingerprint density at radius 2 is 1.95 bits per heavy atom. The van der Waals surface area contributed by atoms with Gasteiger partial charge in [-0.3, -0.25) is 4.79 Å². The van der Waals surface area contributed by atoms with Crippen LogP contribution in [0, 0.1) is 0 Å². The van der Waals surface area contributed by atoms with Gasteiger partial charge >= 0.3 is 0 Å². The minimum atomic E-state index is 0.0267. The molecule has 2 aromatic rings. The summed E-state index contributed by atoms with van der Waals surface area (Å²) in [5, 5.41) is 3.37. The molecule has 1 aromatic heterocycles. The van der Waals surface area contributed by atoms with Crippen LogP contribution in [0.25, 0.3) is 0 Å². The van der Waals surface area contributed by atoms with E-state index in [0.717, 1.165) is 32.1 Å². The van der Waals surface area contributed by atoms with E-state index in [1.165, 1.54) is 11.1 Å². The summed E-state index contributed by atoms with van der Waals surface area (Å²) in [5.74, 6) is 0.508. The number of nitrogens with one attached hydrogen (secondary N) is 1. The summed E-state index contributed by atoms with van der Waals surface area (Å²) in [6, 6.07) is 9.27. The van der Waals surface area contributed by atoms with Crippen LogP contribution in [0.4, 0.5) is 5.82 Å². The Kier molecular flexibility index (Phi) is 3.02. The molecule has 2 aliphatic carbocycles. The first-order valence-electron chi connectivity index (χ1n) is 7.72. The fourth-order valence-corrected chi connectivity index (χ4v) is 3.18. The Bertz CT molecular complexity index is 718. The highest BCUT2D eigenvalue weighted by molar-refractivity contribution is 5.37. The summed E-state index contributed by atoms with van der Waals surface area (Å²) in [6.45, 7) is 0. The van der Waals surface area contributed by atoms with Crippen molar-refractivity contribution in [3.05, 3.63) is 58.1 Å². The van der Waals surface area contributed by atoms with Crippen LogP contribution < -0.4 is 10.9 Å². The minimum absolute atomic E-state index is 0.0267. The van der Waals surface area contributed by atoms with Crippen LogP contribution in [0.5, 0.6) is 0 Å². The molecule has 2 aliphatic rings. The Morgan fingerprint density at radius 3 is 2.76 bits per heavy atom. The molecule has 0 radical (unpaired) electrons. The van der Waals surface area contributed by atoms with Crippen molar-refractivity contribution in [2.75, 3.05) is 5.32 Å². The van der Waals surface area contributed by atoms with Crippen molar-refractivity contribution in [1.82, 2.24) is 9.55 Å². The molecule has 1 unspecified atom stereocenters. The molecule has 0 amide bonds. The van der Waals surface area contributed by atoms with E-state index in [9.17, 15) is 4.79 Å². The third-order valence-corrected chi connectivity index (χ3v) is 4.50. The molecule has 108 valence electrons. The van der Waals surface area contributed by atoms with Gasteiger partial charge in [-0.15, -0.1) is 0 Å². The van der Waals surface area contributed by atoms with E-state index in [0.29, 0.717) is 17.9 Å². The molecule has 1 aromatic carbocycles. The lowest BCUT2D eigenvalue weighted by molar-refractivity contribution is 0.604. The van der Waals surface area contributed by atoms with Crippen LogP contribution in [-0.2, 0) is 12.8 Å². The van der Waals surface area contributed by atoms with Crippen molar-refractivity contribution in [2.45, 2.75) is 44.2 Å². The fraction of sp³-hybridized carbons (Fsp3) is 0.412. The van der Waals surface area contributed by atoms with E-state index in [2.05, 4.69) is 34.6 Å². The van der Waals surface area contributed by atoms with Gasteiger partial charge in [0.15, 0.2) is 5.82 Å². The molecule has 4 nitrogen and oxygen atoms in total. The molecule has 21 heavy (non-hydrogen) atoms. The van der Waals surface area contributed by atoms with E-state index in [-0.39, 0.29) is 5.56 Å². The summed E-state index contributed by atoms with van der Waals surface area (Å²) in [5.41, 5.74) is 2.85. The number of hydrogen-bond donors (Lipinski definition) is 1. The Labute approximate surface area is 123 Å². The number of fused-ring (bicyclic) bond motifs is 1. The van der Waals surface area contributed by atoms with Gasteiger partial charge in [0.2, 0.25) is 0 Å². The largest absolute Gasteiger partial charge is 0.362 e. The topological polar surface area (TPSA) is 46.9 Å². The maximum absolute atomic E-state index is 12.4. The zero-order chi connectivity index (χ0) is 14.2. The van der Waals surface area contributed by atoms with Gasteiger partial charge in [-0.1, -0.05) is 24.3 Å². The molecular weight excluding hydrogens is 262 g/mol. The average Bonchev–Trinajstić information content (AvgIpc) is 3.34. The summed E-state index contributed by atoms with van der Waals surface area (Å²) >= 11 is 0. The lowest BCUT2D eigenvalue weighted by atomic mass is 9.88. The normalized spacial score (nSPS) is 20.9. The first kappa shape index (κ1) is 12.6. The standard InChI is InChI=1S/C17H19N3O/c21-17-16(18-9-10-20(17)15-7-8-15)19-14-6-5-12-3-1-2-4-13(12)11-14/h1-4,9-10,14-15H,5-8,11H2,(H,18,19). The van der Waals surface area contributed by atoms with E-state index < -0.39 is 0 Å². The van der Waals surface area contributed by atoms with Crippen LogP contribution in [0.3, 0.4) is 0 Å². The molecule has 0 saturated heterocycles. The van der Waals surface area contributed by atoms with Gasteiger partial charge < -0.3 is 9.88 Å². The number of aromatic nitrogens is 2. The van der Waals surface area contributed by atoms with Crippen molar-refractivity contribution in [2.24, 2.45) is 0 Å². The molecule has 1 atom stereocenters. The summed E-state index contributed by atoms with van der Waals surface area (Å²) < 4.78 is 1.83. The lowest BCUT2D eigenvalue weighted by Gasteiger charge is -2.25. The molecule has 0 bridgehead atoms. The van der Waals surface area contributed by atoms with Crippen molar-refractivity contribution in [1.29, 1.82) is 0 Å². The van der Waals surface area contributed by atoms with E-state index in [1.807, 2.05) is 4.57 Å². The summed E-state index contributed by atoms with van der Waals surface area (Å²) in [6.07, 6.45) is 8.85. The monoisotopic (exact) mass is 281 g/mol. The van der Waals surface area contributed by atoms with Crippen LogP contribution in [0.15, 0.2) is 41.5 Å². The highest BCUT2D eigenvalue weighted by atomic mass is 16.1. The van der Waals surface area contributed by atoms with Crippen LogP contribution in [0.1, 0.15) is 36.4 Å². The van der Waals surface area contributed by atoms with Gasteiger partial charge in [0.05, 0.1) is 0 Å². The molecular formula is C17H19N3O.